The molecule has 3 nitrogen and oxygen atoms in total. The Balaban J connectivity index is 1.99. The second kappa shape index (κ2) is 5.20. The Morgan fingerprint density at radius 1 is 1.44 bits per heavy atom. The van der Waals surface area contributed by atoms with Gasteiger partial charge < -0.3 is 4.90 Å². The summed E-state index contributed by atoms with van der Waals surface area (Å²) in [5, 5.41) is 3.47. The second-order valence-corrected chi connectivity index (χ2v) is 6.42. The van der Waals surface area contributed by atoms with Gasteiger partial charge in [0.25, 0.3) is 0 Å². The molecule has 0 aromatic carbocycles. The summed E-state index contributed by atoms with van der Waals surface area (Å²) in [4.78, 5) is 14.6. The van der Waals surface area contributed by atoms with E-state index in [-0.39, 0.29) is 12.2 Å². The van der Waals surface area contributed by atoms with Gasteiger partial charge >= 0.3 is 0 Å². The van der Waals surface area contributed by atoms with Crippen LogP contribution in [0.15, 0.2) is 0 Å². The zero-order valence-electron chi connectivity index (χ0n) is 12.3. The molecule has 18 heavy (non-hydrogen) atoms. The Hall–Kier alpha value is -0.570. The van der Waals surface area contributed by atoms with Crippen LogP contribution in [-0.4, -0.2) is 29.6 Å². The summed E-state index contributed by atoms with van der Waals surface area (Å²) < 4.78 is 0. The molecule has 3 unspecified atom stereocenters. The van der Waals surface area contributed by atoms with Gasteiger partial charge in [-0.2, -0.15) is 0 Å². The third-order valence-corrected chi connectivity index (χ3v) is 4.89. The maximum absolute atomic E-state index is 12.5. The van der Waals surface area contributed by atoms with Crippen molar-refractivity contribution in [2.45, 2.75) is 72.0 Å². The highest BCUT2D eigenvalue weighted by atomic mass is 16.2. The molecular weight excluding hydrogens is 224 g/mol. The molecule has 2 aliphatic rings. The van der Waals surface area contributed by atoms with Gasteiger partial charge in [-0.3, -0.25) is 10.1 Å². The maximum Gasteiger partial charge on any atom is 0.241 e. The number of rotatable bonds is 6. The lowest BCUT2D eigenvalue weighted by atomic mass is 9.97. The van der Waals surface area contributed by atoms with Crippen LogP contribution in [0.3, 0.4) is 0 Å². The first kappa shape index (κ1) is 13.9. The van der Waals surface area contributed by atoms with Crippen LogP contribution in [0, 0.1) is 11.3 Å². The Morgan fingerprint density at radius 3 is 2.61 bits per heavy atom. The van der Waals surface area contributed by atoms with Crippen molar-refractivity contribution < 1.29 is 4.79 Å². The molecular formula is C15H28N2O. The van der Waals surface area contributed by atoms with E-state index in [2.05, 4.69) is 37.9 Å². The van der Waals surface area contributed by atoms with Crippen molar-refractivity contribution in [1.82, 2.24) is 10.2 Å². The van der Waals surface area contributed by atoms with E-state index in [1.54, 1.807) is 0 Å². The van der Waals surface area contributed by atoms with Crippen molar-refractivity contribution in [3.8, 4) is 0 Å². The second-order valence-electron chi connectivity index (χ2n) is 6.42. The van der Waals surface area contributed by atoms with Crippen molar-refractivity contribution in [1.29, 1.82) is 0 Å². The van der Waals surface area contributed by atoms with E-state index in [1.807, 2.05) is 0 Å². The minimum Gasteiger partial charge on any atom is -0.326 e. The van der Waals surface area contributed by atoms with Crippen molar-refractivity contribution in [2.75, 3.05) is 6.54 Å². The zero-order valence-corrected chi connectivity index (χ0v) is 12.3. The molecule has 2 rings (SSSR count). The van der Waals surface area contributed by atoms with Gasteiger partial charge in [-0.15, -0.1) is 0 Å². The van der Waals surface area contributed by atoms with Crippen LogP contribution in [-0.2, 0) is 4.79 Å². The number of carbonyl (C=O) groups is 1. The van der Waals surface area contributed by atoms with Crippen molar-refractivity contribution in [2.24, 2.45) is 11.3 Å². The van der Waals surface area contributed by atoms with E-state index in [0.29, 0.717) is 17.2 Å². The summed E-state index contributed by atoms with van der Waals surface area (Å²) in [7, 11) is 0. The van der Waals surface area contributed by atoms with Crippen LogP contribution in [0.4, 0.5) is 0 Å². The highest BCUT2D eigenvalue weighted by Crippen LogP contribution is 2.50. The highest BCUT2D eigenvalue weighted by Gasteiger charge is 2.48. The lowest BCUT2D eigenvalue weighted by Gasteiger charge is -2.26. The van der Waals surface area contributed by atoms with E-state index >= 15 is 0 Å². The first-order valence-corrected chi connectivity index (χ1v) is 7.59. The van der Waals surface area contributed by atoms with Crippen molar-refractivity contribution in [3.05, 3.63) is 0 Å². The molecule has 0 bridgehead atoms. The summed E-state index contributed by atoms with van der Waals surface area (Å²) >= 11 is 0. The van der Waals surface area contributed by atoms with E-state index in [1.165, 1.54) is 25.7 Å². The molecule has 0 radical (unpaired) electrons. The first-order chi connectivity index (χ1) is 8.53. The van der Waals surface area contributed by atoms with Gasteiger partial charge in [0.1, 0.15) is 0 Å². The molecule has 1 heterocycles. The van der Waals surface area contributed by atoms with Crippen LogP contribution >= 0.6 is 0 Å². The molecule has 104 valence electrons. The average Bonchev–Trinajstić information content (AvgIpc) is 3.05. The normalized spacial score (nSPS) is 31.8. The Morgan fingerprint density at radius 2 is 2.11 bits per heavy atom. The van der Waals surface area contributed by atoms with Gasteiger partial charge in [-0.05, 0) is 37.5 Å². The van der Waals surface area contributed by atoms with Gasteiger partial charge in [-0.1, -0.05) is 33.6 Å². The number of hydrogen-bond donors (Lipinski definition) is 1. The molecule has 2 fully saturated rings. The van der Waals surface area contributed by atoms with Crippen molar-refractivity contribution in [3.63, 3.8) is 0 Å². The first-order valence-electron chi connectivity index (χ1n) is 7.59. The SMILES string of the molecule is CCCC1(CN2C(=O)C(C(C)CC)NC2C)CC1. The van der Waals surface area contributed by atoms with Gasteiger partial charge in [0.15, 0.2) is 0 Å². The predicted molar refractivity (Wildman–Crippen MR) is 74.1 cm³/mol. The summed E-state index contributed by atoms with van der Waals surface area (Å²) in [5.74, 6) is 0.769. The van der Waals surface area contributed by atoms with E-state index in [9.17, 15) is 4.79 Å². The predicted octanol–water partition coefficient (Wildman–Crippen LogP) is 2.76. The van der Waals surface area contributed by atoms with Crippen molar-refractivity contribution >= 4 is 5.91 Å². The molecule has 0 spiro atoms. The molecule has 3 atom stereocenters. The maximum atomic E-state index is 12.5. The number of nitrogens with zero attached hydrogens (tertiary/aromatic N) is 1. The lowest BCUT2D eigenvalue weighted by molar-refractivity contribution is -0.131. The Bertz CT molecular complexity index is 312. The summed E-state index contributed by atoms with van der Waals surface area (Å²) in [6.07, 6.45) is 6.41. The van der Waals surface area contributed by atoms with Gasteiger partial charge in [0.2, 0.25) is 5.91 Å². The smallest absolute Gasteiger partial charge is 0.241 e. The third-order valence-electron chi connectivity index (χ3n) is 4.89. The van der Waals surface area contributed by atoms with E-state index in [0.717, 1.165) is 13.0 Å². The topological polar surface area (TPSA) is 32.3 Å². The summed E-state index contributed by atoms with van der Waals surface area (Å²) in [6.45, 7) is 9.68. The fourth-order valence-corrected chi connectivity index (χ4v) is 3.20. The van der Waals surface area contributed by atoms with Gasteiger partial charge in [-0.25, -0.2) is 0 Å². The molecule has 1 aliphatic carbocycles. The standard InChI is InChI=1S/C15H28N2O/c1-5-7-15(8-9-15)10-17-12(4)16-13(14(17)18)11(3)6-2/h11-13,16H,5-10H2,1-4H3. The minimum absolute atomic E-state index is 0.0439. The monoisotopic (exact) mass is 252 g/mol. The molecule has 1 N–H and O–H groups in total. The molecule has 1 saturated carbocycles. The van der Waals surface area contributed by atoms with E-state index in [4.69, 9.17) is 0 Å². The third kappa shape index (κ3) is 2.56. The Labute approximate surface area is 111 Å². The van der Waals surface area contributed by atoms with Crippen LogP contribution in [0.5, 0.6) is 0 Å². The fraction of sp³-hybridized carbons (Fsp3) is 0.933. The highest BCUT2D eigenvalue weighted by molar-refractivity contribution is 5.84. The molecule has 1 saturated heterocycles. The van der Waals surface area contributed by atoms with Crippen LogP contribution in [0.25, 0.3) is 0 Å². The summed E-state index contributed by atoms with van der Waals surface area (Å²) in [5.41, 5.74) is 0.463. The van der Waals surface area contributed by atoms with Crippen LogP contribution < -0.4 is 5.32 Å². The van der Waals surface area contributed by atoms with E-state index < -0.39 is 0 Å². The number of hydrogen-bond acceptors (Lipinski definition) is 2. The number of carbonyl (C=O) groups excluding carboxylic acids is 1. The number of nitrogens with one attached hydrogen (secondary N) is 1. The minimum atomic E-state index is 0.0439. The van der Waals surface area contributed by atoms with Crippen LogP contribution in [0.1, 0.15) is 59.8 Å². The van der Waals surface area contributed by atoms with Gasteiger partial charge in [0.05, 0.1) is 12.2 Å². The summed E-state index contributed by atoms with van der Waals surface area (Å²) in [6, 6.07) is 0.0439. The molecule has 3 heteroatoms. The molecule has 0 aromatic heterocycles. The molecule has 1 aliphatic heterocycles. The Kier molecular flexibility index (Phi) is 4.00. The molecule has 1 amide bonds. The average molecular weight is 252 g/mol. The zero-order chi connectivity index (χ0) is 13.3. The fourth-order valence-electron chi connectivity index (χ4n) is 3.20. The van der Waals surface area contributed by atoms with Gasteiger partial charge in [0, 0.05) is 6.54 Å². The largest absolute Gasteiger partial charge is 0.326 e. The quantitative estimate of drug-likeness (QED) is 0.788. The lowest BCUT2D eigenvalue weighted by Crippen LogP contribution is -2.39. The van der Waals surface area contributed by atoms with Crippen LogP contribution in [0.2, 0.25) is 0 Å². The molecule has 0 aromatic rings. The number of amides is 1.